The molecular weight excluding hydrogens is 599 g/mol. The predicted octanol–water partition coefficient (Wildman–Crippen LogP) is 3.25. The van der Waals surface area contributed by atoms with Crippen molar-refractivity contribution in [3.8, 4) is 11.5 Å². The van der Waals surface area contributed by atoms with Crippen LogP contribution in [0, 0.1) is 3.57 Å². The van der Waals surface area contributed by atoms with Gasteiger partial charge in [-0.15, -0.1) is 6.58 Å². The summed E-state index contributed by atoms with van der Waals surface area (Å²) in [6.07, 6.45) is 2.74. The summed E-state index contributed by atoms with van der Waals surface area (Å²) in [6.45, 7) is 3.95. The summed E-state index contributed by atoms with van der Waals surface area (Å²) in [5.74, 6) is 0.783. The molecule has 3 N–H and O–H groups in total. The predicted molar refractivity (Wildman–Crippen MR) is 154 cm³/mol. The fourth-order valence-electron chi connectivity index (χ4n) is 4.46. The Balaban J connectivity index is 1.94. The van der Waals surface area contributed by atoms with E-state index >= 15 is 0 Å². The van der Waals surface area contributed by atoms with Gasteiger partial charge in [0.05, 0.1) is 23.3 Å². The number of amides is 2. The minimum atomic E-state index is -1.08. The number of carbonyl (C=O) groups excluding carboxylic acids is 2. The van der Waals surface area contributed by atoms with Crippen molar-refractivity contribution in [1.82, 2.24) is 10.2 Å². The van der Waals surface area contributed by atoms with Crippen molar-refractivity contribution in [3.63, 3.8) is 0 Å². The van der Waals surface area contributed by atoms with Crippen LogP contribution in [-0.4, -0.2) is 72.0 Å². The van der Waals surface area contributed by atoms with Gasteiger partial charge < -0.3 is 29.9 Å². The first-order valence-electron chi connectivity index (χ1n) is 12.6. The molecule has 0 fully saturated rings. The highest BCUT2D eigenvalue weighted by Gasteiger charge is 2.40. The summed E-state index contributed by atoms with van der Waals surface area (Å²) in [5, 5.41) is 23.4. The van der Waals surface area contributed by atoms with Gasteiger partial charge in [-0.3, -0.25) is 9.59 Å². The zero-order valence-corrected chi connectivity index (χ0v) is 23.7. The Kier molecular flexibility index (Phi) is 11.6. The lowest BCUT2D eigenvalue weighted by Crippen LogP contribution is -2.55. The molecule has 0 aliphatic heterocycles. The number of allylic oxidation sites excluding steroid dienone is 1. The van der Waals surface area contributed by atoms with E-state index in [2.05, 4.69) is 34.5 Å². The second-order valence-electron chi connectivity index (χ2n) is 8.92. The van der Waals surface area contributed by atoms with Crippen molar-refractivity contribution in [3.05, 3.63) is 82.0 Å². The van der Waals surface area contributed by atoms with Crippen LogP contribution in [0.4, 0.5) is 0 Å². The van der Waals surface area contributed by atoms with E-state index in [1.165, 1.54) is 0 Å². The van der Waals surface area contributed by atoms with Crippen LogP contribution in [-0.2, 0) is 16.0 Å². The van der Waals surface area contributed by atoms with Crippen molar-refractivity contribution < 1.29 is 29.3 Å². The van der Waals surface area contributed by atoms with Crippen LogP contribution in [0.15, 0.2) is 72.8 Å². The van der Waals surface area contributed by atoms with Crippen molar-refractivity contribution in [2.24, 2.45) is 0 Å². The molecule has 204 valence electrons. The number of nitrogens with one attached hydrogen (secondary N) is 1. The second kappa shape index (κ2) is 14.9. The number of rotatable bonds is 13. The van der Waals surface area contributed by atoms with Gasteiger partial charge in [-0.05, 0) is 65.3 Å². The zero-order valence-electron chi connectivity index (χ0n) is 21.5. The van der Waals surface area contributed by atoms with Crippen LogP contribution in [0.3, 0.4) is 0 Å². The fraction of sp³-hybridized carbons (Fsp3) is 0.379. The summed E-state index contributed by atoms with van der Waals surface area (Å²) in [6, 6.07) is 14.3. The number of methoxy groups -OCH3 is 1. The molecule has 3 rings (SSSR count). The minimum absolute atomic E-state index is 0.0985. The van der Waals surface area contributed by atoms with Crippen LogP contribution >= 0.6 is 22.6 Å². The van der Waals surface area contributed by atoms with Crippen molar-refractivity contribution in [2.75, 3.05) is 26.8 Å². The highest BCUT2D eigenvalue weighted by Crippen LogP contribution is 2.30. The summed E-state index contributed by atoms with van der Waals surface area (Å²) < 4.78 is 12.5. The molecule has 9 heteroatoms. The van der Waals surface area contributed by atoms with Gasteiger partial charge in [0.25, 0.3) is 0 Å². The maximum absolute atomic E-state index is 13.4. The molecule has 8 nitrogen and oxygen atoms in total. The van der Waals surface area contributed by atoms with Crippen molar-refractivity contribution in [1.29, 1.82) is 0 Å². The first kappa shape index (κ1) is 29.7. The Morgan fingerprint density at radius 3 is 2.58 bits per heavy atom. The van der Waals surface area contributed by atoms with E-state index in [1.807, 2.05) is 42.5 Å². The number of aliphatic hydroxyl groups excluding tert-OH is 2. The first-order chi connectivity index (χ1) is 18.4. The standard InChI is InChI=1S/C29H35IN2O6/c1-3-4-13-27(34)32(16-14-20-9-5-7-11-24(20)37-2)23-18-21(29(36)31-15-17-33)19-26(28(23)35)38-25-12-8-6-10-22(25)30/h3,5-12,19,23,26,28,33,35H,1,4,13-18H2,2H3,(H,31,36). The third kappa shape index (κ3) is 7.81. The van der Waals surface area contributed by atoms with Crippen LogP contribution < -0.4 is 14.8 Å². The van der Waals surface area contributed by atoms with Gasteiger partial charge >= 0.3 is 0 Å². The quantitative estimate of drug-likeness (QED) is 0.231. The molecule has 1 aliphatic rings. The monoisotopic (exact) mass is 634 g/mol. The molecule has 0 radical (unpaired) electrons. The Labute approximate surface area is 237 Å². The van der Waals surface area contributed by atoms with E-state index in [9.17, 15) is 19.8 Å². The molecule has 0 heterocycles. The lowest BCUT2D eigenvalue weighted by Gasteiger charge is -2.40. The SMILES string of the molecule is C=CCCC(=O)N(CCc1ccccc1OC)C1CC(C(=O)NCCO)=CC(Oc2ccccc2I)C1O. The molecule has 1 aliphatic carbocycles. The number of aliphatic hydroxyl groups is 2. The molecule has 0 bridgehead atoms. The average molecular weight is 635 g/mol. The highest BCUT2D eigenvalue weighted by molar-refractivity contribution is 14.1. The lowest BCUT2D eigenvalue weighted by atomic mass is 9.87. The van der Waals surface area contributed by atoms with Gasteiger partial charge in [0.2, 0.25) is 11.8 Å². The number of benzene rings is 2. The molecule has 3 atom stereocenters. The summed E-state index contributed by atoms with van der Waals surface area (Å²) in [7, 11) is 1.60. The van der Waals surface area contributed by atoms with Crippen molar-refractivity contribution >= 4 is 34.4 Å². The van der Waals surface area contributed by atoms with Crippen LogP contribution in [0.25, 0.3) is 0 Å². The Morgan fingerprint density at radius 2 is 1.89 bits per heavy atom. The van der Waals surface area contributed by atoms with E-state index in [0.29, 0.717) is 30.7 Å². The van der Waals surface area contributed by atoms with E-state index in [1.54, 1.807) is 30.2 Å². The Hall–Kier alpha value is -2.89. The van der Waals surface area contributed by atoms with E-state index < -0.39 is 18.2 Å². The number of carbonyl (C=O) groups is 2. The number of hydrogen-bond acceptors (Lipinski definition) is 6. The average Bonchev–Trinajstić information content (AvgIpc) is 2.93. The molecule has 0 saturated heterocycles. The highest BCUT2D eigenvalue weighted by atomic mass is 127. The molecule has 0 spiro atoms. The third-order valence-electron chi connectivity index (χ3n) is 6.41. The third-order valence-corrected chi connectivity index (χ3v) is 7.30. The van der Waals surface area contributed by atoms with Crippen LogP contribution in [0.1, 0.15) is 24.8 Å². The molecule has 0 saturated carbocycles. The summed E-state index contributed by atoms with van der Waals surface area (Å²) >= 11 is 2.15. The molecule has 2 amide bonds. The summed E-state index contributed by atoms with van der Waals surface area (Å²) in [4.78, 5) is 28.0. The zero-order chi connectivity index (χ0) is 27.5. The Bertz CT molecular complexity index is 1140. The molecule has 38 heavy (non-hydrogen) atoms. The minimum Gasteiger partial charge on any atom is -0.496 e. The molecule has 2 aromatic carbocycles. The van der Waals surface area contributed by atoms with Gasteiger partial charge in [-0.2, -0.15) is 0 Å². The van der Waals surface area contributed by atoms with E-state index in [4.69, 9.17) is 9.47 Å². The normalized spacial score (nSPS) is 18.7. The molecule has 3 unspecified atom stereocenters. The molecule has 0 aromatic heterocycles. The number of ether oxygens (including phenoxy) is 2. The summed E-state index contributed by atoms with van der Waals surface area (Å²) in [5.41, 5.74) is 1.33. The largest absolute Gasteiger partial charge is 0.496 e. The molecular formula is C29H35IN2O6. The van der Waals surface area contributed by atoms with Crippen molar-refractivity contribution in [2.45, 2.75) is 43.9 Å². The number of para-hydroxylation sites is 2. The fourth-order valence-corrected chi connectivity index (χ4v) is 4.98. The van der Waals surface area contributed by atoms with Crippen LogP contribution in [0.2, 0.25) is 0 Å². The first-order valence-corrected chi connectivity index (χ1v) is 13.7. The van der Waals surface area contributed by atoms with Gasteiger partial charge in [0, 0.05) is 31.5 Å². The van der Waals surface area contributed by atoms with E-state index in [0.717, 1.165) is 14.9 Å². The second-order valence-corrected chi connectivity index (χ2v) is 10.1. The maximum atomic E-state index is 13.4. The smallest absolute Gasteiger partial charge is 0.247 e. The molecule has 2 aromatic rings. The Morgan fingerprint density at radius 1 is 1.18 bits per heavy atom. The lowest BCUT2D eigenvalue weighted by molar-refractivity contribution is -0.138. The van der Waals surface area contributed by atoms with E-state index in [-0.39, 0.29) is 37.8 Å². The maximum Gasteiger partial charge on any atom is 0.247 e. The number of nitrogens with zero attached hydrogens (tertiary/aromatic N) is 1. The van der Waals surface area contributed by atoms with Gasteiger partial charge in [0.15, 0.2) is 0 Å². The van der Waals surface area contributed by atoms with Gasteiger partial charge in [0.1, 0.15) is 23.7 Å². The van der Waals surface area contributed by atoms with Gasteiger partial charge in [-0.1, -0.05) is 36.4 Å². The number of hydrogen-bond donors (Lipinski definition) is 3. The van der Waals surface area contributed by atoms with Crippen LogP contribution in [0.5, 0.6) is 11.5 Å². The topological polar surface area (TPSA) is 108 Å². The van der Waals surface area contributed by atoms with Gasteiger partial charge in [-0.25, -0.2) is 0 Å². The number of halogens is 1.